The number of hydrogen-bond acceptors (Lipinski definition) is 14. The number of rotatable bonds is 36. The van der Waals surface area contributed by atoms with Crippen LogP contribution >= 0.6 is 0 Å². The Kier molecular flexibility index (Phi) is 25.3. The van der Waals surface area contributed by atoms with Gasteiger partial charge in [0.25, 0.3) is 23.1 Å². The van der Waals surface area contributed by atoms with E-state index in [0.717, 1.165) is 12.2 Å². The van der Waals surface area contributed by atoms with E-state index in [9.17, 15) is 9.59 Å². The van der Waals surface area contributed by atoms with E-state index in [1.165, 1.54) is 0 Å². The zero-order valence-corrected chi connectivity index (χ0v) is 42.4. The fraction of sp³-hybridized carbons (Fsp3) is 0.804. The molecule has 65 heavy (non-hydrogen) atoms. The van der Waals surface area contributed by atoms with Crippen LogP contribution in [0.5, 0.6) is 0 Å². The van der Waals surface area contributed by atoms with Gasteiger partial charge in [0.2, 0.25) is 0 Å². The maximum atomic E-state index is 13.4. The molecular weight excluding hydrogens is 837 g/mol. The molecule has 2 aliphatic rings. The van der Waals surface area contributed by atoms with Crippen molar-refractivity contribution in [3.63, 3.8) is 0 Å². The molecule has 0 aromatic rings. The zero-order chi connectivity index (χ0) is 48.7. The van der Waals surface area contributed by atoms with Crippen molar-refractivity contribution in [1.29, 1.82) is 0 Å². The summed E-state index contributed by atoms with van der Waals surface area (Å²) in [6, 6.07) is 0. The highest BCUT2D eigenvalue weighted by Gasteiger charge is 2.86. The average Bonchev–Trinajstić information content (AvgIpc) is 3.31. The van der Waals surface area contributed by atoms with Crippen LogP contribution in [0, 0.1) is 5.41 Å². The molecule has 14 heteroatoms. The third kappa shape index (κ3) is 11.5. The molecule has 0 N–H and O–H groups in total. The van der Waals surface area contributed by atoms with Gasteiger partial charge >= 0.3 is 11.9 Å². The Hall–Kier alpha value is -2.50. The standard InChI is InChI=1S/C51H88O14/c1-15-31-54-46(29-27-41(64-43(52)25-11)48(56-33-17-3,57-34-18-4)50(46,60-37-21-7)61-38-22-8)45(13,14)47(55-32-16-2)30-28-42(65-44(53)26-12)49(58-35-19-5,59-36-20-6)51(47,62-39-23-9)63-40-24-10/h25-30,41-42H,11-12,15-24,31-40H2,1-10,13-14H3. The van der Waals surface area contributed by atoms with Gasteiger partial charge < -0.3 is 56.8 Å². The SMILES string of the molecule is C=CC(=O)OC1C=CC(OCCC)(C(C)(C)C2(OCCC)C=CC(OC(=O)C=C)C(OCCC)(OCCC)C2(OCCC)OCCC)C(OCCC)(OCCC)C1(OCCC)OCCC. The minimum absolute atomic E-state index is 0.144. The van der Waals surface area contributed by atoms with Crippen molar-refractivity contribution >= 4 is 11.9 Å². The topological polar surface area (TPSA) is 145 Å². The summed E-state index contributed by atoms with van der Waals surface area (Å²) in [7, 11) is 0. The second-order valence-electron chi connectivity index (χ2n) is 17.0. The first-order valence-electron chi connectivity index (χ1n) is 24.7. The highest BCUT2D eigenvalue weighted by Crippen LogP contribution is 2.66. The van der Waals surface area contributed by atoms with E-state index in [-0.39, 0.29) is 66.1 Å². The third-order valence-electron chi connectivity index (χ3n) is 11.5. The molecule has 0 fully saturated rings. The summed E-state index contributed by atoms with van der Waals surface area (Å²) in [5, 5.41) is 0. The van der Waals surface area contributed by atoms with Crippen LogP contribution in [0.3, 0.4) is 0 Å². The first-order chi connectivity index (χ1) is 31.2. The molecular formula is C51H88O14. The summed E-state index contributed by atoms with van der Waals surface area (Å²) in [5.41, 5.74) is -5.16. The van der Waals surface area contributed by atoms with Crippen molar-refractivity contribution in [1.82, 2.24) is 0 Å². The van der Waals surface area contributed by atoms with Gasteiger partial charge in [-0.15, -0.1) is 0 Å². The Morgan fingerprint density at radius 2 is 0.662 bits per heavy atom. The normalized spacial score (nSPS) is 24.1. The van der Waals surface area contributed by atoms with Crippen LogP contribution in [0.15, 0.2) is 49.6 Å². The molecule has 2 rings (SSSR count). The minimum Gasteiger partial charge on any atom is -0.449 e. The number of esters is 2. The van der Waals surface area contributed by atoms with Gasteiger partial charge in [-0.1, -0.05) is 96.2 Å². The summed E-state index contributed by atoms with van der Waals surface area (Å²) in [6.45, 7) is 32.9. The van der Waals surface area contributed by atoms with Gasteiger partial charge in [0.05, 0.1) is 52.9 Å². The molecule has 4 unspecified atom stereocenters. The van der Waals surface area contributed by atoms with Crippen LogP contribution in [-0.4, -0.2) is 125 Å². The first kappa shape index (κ1) is 58.6. The predicted molar refractivity (Wildman–Crippen MR) is 251 cm³/mol. The molecule has 0 aliphatic heterocycles. The molecule has 0 aromatic heterocycles. The van der Waals surface area contributed by atoms with Crippen LogP contribution in [0.2, 0.25) is 0 Å². The van der Waals surface area contributed by atoms with Gasteiger partial charge in [-0.05, 0) is 88.5 Å². The van der Waals surface area contributed by atoms with E-state index in [1.807, 2.05) is 95.2 Å². The fourth-order valence-corrected chi connectivity index (χ4v) is 8.78. The number of ether oxygens (including phenoxy) is 12. The van der Waals surface area contributed by atoms with Gasteiger partial charge in [0.1, 0.15) is 0 Å². The van der Waals surface area contributed by atoms with E-state index in [0.29, 0.717) is 64.2 Å². The smallest absolute Gasteiger partial charge is 0.330 e. The van der Waals surface area contributed by atoms with Crippen molar-refractivity contribution in [2.45, 2.75) is 194 Å². The molecule has 14 nitrogen and oxygen atoms in total. The molecule has 0 amide bonds. The van der Waals surface area contributed by atoms with Crippen molar-refractivity contribution < 1.29 is 66.4 Å². The molecule has 0 bridgehead atoms. The zero-order valence-electron chi connectivity index (χ0n) is 42.4. The summed E-state index contributed by atoms with van der Waals surface area (Å²) in [4.78, 5) is 26.9. The molecule has 0 radical (unpaired) electrons. The van der Waals surface area contributed by atoms with Crippen molar-refractivity contribution in [2.24, 2.45) is 5.41 Å². The summed E-state index contributed by atoms with van der Waals surface area (Å²) >= 11 is 0. The Balaban J connectivity index is 3.72. The van der Waals surface area contributed by atoms with Crippen molar-refractivity contribution in [3.8, 4) is 0 Å². The largest absolute Gasteiger partial charge is 0.449 e. The minimum atomic E-state index is -2.09. The van der Waals surface area contributed by atoms with Crippen LogP contribution in [0.1, 0.15) is 147 Å². The number of hydrogen-bond donors (Lipinski definition) is 0. The van der Waals surface area contributed by atoms with E-state index < -0.39 is 63.9 Å². The average molecular weight is 925 g/mol. The highest BCUT2D eigenvalue weighted by molar-refractivity contribution is 5.82. The van der Waals surface area contributed by atoms with Gasteiger partial charge in [0, 0.05) is 30.8 Å². The fourth-order valence-electron chi connectivity index (χ4n) is 8.78. The van der Waals surface area contributed by atoms with Gasteiger partial charge in [-0.25, -0.2) is 9.59 Å². The summed E-state index contributed by atoms with van der Waals surface area (Å²) in [5.74, 6) is -9.60. The van der Waals surface area contributed by atoms with E-state index >= 15 is 0 Å². The molecule has 0 spiro atoms. The lowest BCUT2D eigenvalue weighted by Crippen LogP contribution is -2.88. The van der Waals surface area contributed by atoms with Gasteiger partial charge in [-0.3, -0.25) is 0 Å². The number of carbonyl (C=O) groups is 2. The van der Waals surface area contributed by atoms with E-state index in [4.69, 9.17) is 56.8 Å². The summed E-state index contributed by atoms with van der Waals surface area (Å²) < 4.78 is 85.2. The Bertz CT molecular complexity index is 1340. The lowest BCUT2D eigenvalue weighted by atomic mass is 9.52. The molecule has 0 saturated carbocycles. The Morgan fingerprint density at radius 1 is 0.431 bits per heavy atom. The third-order valence-corrected chi connectivity index (χ3v) is 11.5. The van der Waals surface area contributed by atoms with Gasteiger partial charge in [-0.2, -0.15) is 0 Å². The second kappa shape index (κ2) is 28.1. The molecule has 2 aliphatic carbocycles. The van der Waals surface area contributed by atoms with Crippen LogP contribution in [0.4, 0.5) is 0 Å². The van der Waals surface area contributed by atoms with Crippen LogP contribution in [0.25, 0.3) is 0 Å². The Labute approximate surface area is 392 Å². The molecule has 0 saturated heterocycles. The summed E-state index contributed by atoms with van der Waals surface area (Å²) in [6.07, 6.45) is 12.5. The lowest BCUT2D eigenvalue weighted by Gasteiger charge is -2.69. The number of carbonyl (C=O) groups excluding carboxylic acids is 2. The van der Waals surface area contributed by atoms with Gasteiger partial charge in [0.15, 0.2) is 23.4 Å². The predicted octanol–water partition coefficient (Wildman–Crippen LogP) is 9.88. The molecule has 376 valence electrons. The monoisotopic (exact) mass is 925 g/mol. The Morgan fingerprint density at radius 3 is 0.892 bits per heavy atom. The van der Waals surface area contributed by atoms with E-state index in [1.54, 1.807) is 12.2 Å². The molecule has 0 heterocycles. The van der Waals surface area contributed by atoms with Crippen molar-refractivity contribution in [3.05, 3.63) is 49.6 Å². The van der Waals surface area contributed by atoms with Crippen LogP contribution in [-0.2, 0) is 66.4 Å². The first-order valence-corrected chi connectivity index (χ1v) is 24.7. The van der Waals surface area contributed by atoms with Crippen LogP contribution < -0.4 is 0 Å². The van der Waals surface area contributed by atoms with Crippen molar-refractivity contribution in [2.75, 3.05) is 66.1 Å². The van der Waals surface area contributed by atoms with E-state index in [2.05, 4.69) is 13.2 Å². The maximum Gasteiger partial charge on any atom is 0.330 e. The molecule has 0 aromatic carbocycles. The second-order valence-corrected chi connectivity index (χ2v) is 17.0. The highest BCUT2D eigenvalue weighted by atomic mass is 16.8. The molecule has 4 atom stereocenters. The lowest BCUT2D eigenvalue weighted by molar-refractivity contribution is -0.507. The quantitative estimate of drug-likeness (QED) is 0.0254. The maximum absolute atomic E-state index is 13.4.